The monoisotopic (exact) mass is 295 g/mol. The molecule has 0 spiro atoms. The molecule has 1 amide bonds. The molecule has 0 aliphatic carbocycles. The van der Waals surface area contributed by atoms with Gasteiger partial charge < -0.3 is 15.1 Å². The highest BCUT2D eigenvalue weighted by atomic mass is 79.9. The molecule has 17 heavy (non-hydrogen) atoms. The Hall–Kier alpha value is -1.07. The number of carbonyl (C=O) groups excluding carboxylic acids is 1. The number of likely N-dealkylation sites (N-methyl/N-ethyl adjacent to an activating group) is 1. The van der Waals surface area contributed by atoms with Crippen LogP contribution in [0.3, 0.4) is 0 Å². The highest BCUT2D eigenvalue weighted by Crippen LogP contribution is 2.36. The van der Waals surface area contributed by atoms with Gasteiger partial charge in [0.1, 0.15) is 0 Å². The second kappa shape index (κ2) is 3.99. The van der Waals surface area contributed by atoms with E-state index in [1.54, 1.807) is 4.90 Å². The van der Waals surface area contributed by atoms with Gasteiger partial charge >= 0.3 is 0 Å². The van der Waals surface area contributed by atoms with E-state index in [1.165, 1.54) is 0 Å². The summed E-state index contributed by atoms with van der Waals surface area (Å²) >= 11 is 3.46. The van der Waals surface area contributed by atoms with Crippen molar-refractivity contribution in [2.75, 3.05) is 36.5 Å². The second-order valence-electron chi connectivity index (χ2n) is 4.53. The number of hydrogen-bond acceptors (Lipinski definition) is 3. The van der Waals surface area contributed by atoms with Crippen LogP contribution in [0.15, 0.2) is 22.7 Å². The van der Waals surface area contributed by atoms with Gasteiger partial charge in [0.2, 0.25) is 5.91 Å². The maximum absolute atomic E-state index is 12.0. The molecule has 90 valence electrons. The summed E-state index contributed by atoms with van der Waals surface area (Å²) in [6.07, 6.45) is 0. The van der Waals surface area contributed by atoms with Crippen LogP contribution in [-0.4, -0.2) is 38.6 Å². The Morgan fingerprint density at radius 2 is 2.12 bits per heavy atom. The van der Waals surface area contributed by atoms with E-state index in [-0.39, 0.29) is 5.91 Å². The van der Waals surface area contributed by atoms with Gasteiger partial charge in [0.15, 0.2) is 0 Å². The van der Waals surface area contributed by atoms with Gasteiger partial charge in [-0.3, -0.25) is 4.79 Å². The molecule has 5 heteroatoms. The molecule has 0 unspecified atom stereocenters. The van der Waals surface area contributed by atoms with Crippen molar-refractivity contribution in [2.24, 2.45) is 0 Å². The highest BCUT2D eigenvalue weighted by molar-refractivity contribution is 9.10. The number of hydrogen-bond donors (Lipinski definition) is 1. The number of nitrogens with one attached hydrogen (secondary N) is 1. The van der Waals surface area contributed by atoms with Crippen molar-refractivity contribution in [1.82, 2.24) is 5.32 Å². The van der Waals surface area contributed by atoms with Crippen molar-refractivity contribution in [3.05, 3.63) is 22.7 Å². The molecule has 1 aromatic carbocycles. The number of fused-ring (bicyclic) bond motifs is 1. The van der Waals surface area contributed by atoms with E-state index in [9.17, 15) is 4.79 Å². The smallest absolute Gasteiger partial charge is 0.246 e. The second-order valence-corrected chi connectivity index (χ2v) is 5.44. The van der Waals surface area contributed by atoms with Crippen LogP contribution in [0.5, 0.6) is 0 Å². The van der Waals surface area contributed by atoms with Crippen LogP contribution in [-0.2, 0) is 4.79 Å². The van der Waals surface area contributed by atoms with Crippen LogP contribution >= 0.6 is 15.9 Å². The van der Waals surface area contributed by atoms with Crippen LogP contribution in [0.2, 0.25) is 0 Å². The molecule has 1 fully saturated rings. The Morgan fingerprint density at radius 1 is 1.35 bits per heavy atom. The molecule has 1 aromatic rings. The van der Waals surface area contributed by atoms with E-state index in [4.69, 9.17) is 0 Å². The summed E-state index contributed by atoms with van der Waals surface area (Å²) in [7, 11) is 1.84. The lowest BCUT2D eigenvalue weighted by molar-refractivity contribution is -0.117. The van der Waals surface area contributed by atoms with Gasteiger partial charge in [0.25, 0.3) is 0 Å². The zero-order valence-corrected chi connectivity index (χ0v) is 11.2. The van der Waals surface area contributed by atoms with E-state index in [0.29, 0.717) is 12.6 Å². The molecular weight excluding hydrogens is 282 g/mol. The molecular formula is C12H14BrN3O. The van der Waals surface area contributed by atoms with E-state index >= 15 is 0 Å². The van der Waals surface area contributed by atoms with Crippen molar-refractivity contribution in [3.8, 4) is 0 Å². The van der Waals surface area contributed by atoms with Crippen molar-refractivity contribution in [3.63, 3.8) is 0 Å². The number of anilines is 2. The molecule has 3 rings (SSSR count). The minimum absolute atomic E-state index is 0.155. The van der Waals surface area contributed by atoms with E-state index in [2.05, 4.69) is 32.2 Å². The minimum atomic E-state index is 0.155. The zero-order valence-electron chi connectivity index (χ0n) is 9.61. The molecule has 0 atom stereocenters. The van der Waals surface area contributed by atoms with Crippen LogP contribution in [0, 0.1) is 0 Å². The number of carbonyl (C=O) groups is 1. The Kier molecular flexibility index (Phi) is 2.60. The fourth-order valence-electron chi connectivity index (χ4n) is 2.30. The van der Waals surface area contributed by atoms with Gasteiger partial charge in [-0.25, -0.2) is 0 Å². The fraction of sp³-hybridized carbons (Fsp3) is 0.417. The molecule has 0 aromatic heterocycles. The van der Waals surface area contributed by atoms with E-state index in [1.807, 2.05) is 19.2 Å². The standard InChI is InChI=1S/C12H14BrN3O/c1-15-11-4-8(13)2-3-10(11)16(7-12(15)17)9-5-14-6-9/h2-4,9,14H,5-7H2,1H3. The molecule has 0 saturated carbocycles. The summed E-state index contributed by atoms with van der Waals surface area (Å²) in [5.41, 5.74) is 2.14. The number of halogens is 1. The van der Waals surface area contributed by atoms with Crippen molar-refractivity contribution in [1.29, 1.82) is 0 Å². The summed E-state index contributed by atoms with van der Waals surface area (Å²) in [6.45, 7) is 2.41. The number of nitrogens with zero attached hydrogens (tertiary/aromatic N) is 2. The predicted molar refractivity (Wildman–Crippen MR) is 71.6 cm³/mol. The van der Waals surface area contributed by atoms with Crippen molar-refractivity contribution < 1.29 is 4.79 Å². The van der Waals surface area contributed by atoms with Crippen LogP contribution in [0.25, 0.3) is 0 Å². The van der Waals surface area contributed by atoms with Gasteiger partial charge in [-0.2, -0.15) is 0 Å². The molecule has 1 N–H and O–H groups in total. The summed E-state index contributed by atoms with van der Waals surface area (Å²) in [6, 6.07) is 6.57. The summed E-state index contributed by atoms with van der Waals surface area (Å²) in [5.74, 6) is 0.155. The molecule has 0 radical (unpaired) electrons. The maximum Gasteiger partial charge on any atom is 0.246 e. The molecule has 0 bridgehead atoms. The Bertz CT molecular complexity index is 473. The quantitative estimate of drug-likeness (QED) is 0.846. The lowest BCUT2D eigenvalue weighted by Crippen LogP contribution is -2.61. The average molecular weight is 296 g/mol. The third-order valence-electron chi connectivity index (χ3n) is 3.49. The number of amides is 1. The molecule has 1 saturated heterocycles. The Labute approximate surface area is 109 Å². The molecule has 2 aliphatic rings. The van der Waals surface area contributed by atoms with E-state index in [0.717, 1.165) is 28.9 Å². The normalized spacial score (nSPS) is 20.2. The van der Waals surface area contributed by atoms with Crippen molar-refractivity contribution >= 4 is 33.2 Å². The molecule has 4 nitrogen and oxygen atoms in total. The lowest BCUT2D eigenvalue weighted by atomic mass is 10.1. The Balaban J connectivity index is 2.05. The topological polar surface area (TPSA) is 35.6 Å². The Morgan fingerprint density at radius 3 is 2.76 bits per heavy atom. The average Bonchev–Trinajstić information content (AvgIpc) is 2.23. The first kappa shape index (κ1) is 11.0. The first-order chi connectivity index (χ1) is 8.16. The summed E-state index contributed by atoms with van der Waals surface area (Å²) in [5, 5.41) is 3.25. The summed E-state index contributed by atoms with van der Waals surface area (Å²) in [4.78, 5) is 15.9. The van der Waals surface area contributed by atoms with Crippen LogP contribution in [0.1, 0.15) is 0 Å². The first-order valence-electron chi connectivity index (χ1n) is 5.70. The van der Waals surface area contributed by atoms with Crippen LogP contribution in [0.4, 0.5) is 11.4 Å². The van der Waals surface area contributed by atoms with Crippen LogP contribution < -0.4 is 15.1 Å². The largest absolute Gasteiger partial charge is 0.355 e. The van der Waals surface area contributed by atoms with Crippen molar-refractivity contribution in [2.45, 2.75) is 6.04 Å². The SMILES string of the molecule is CN1C(=O)CN(C2CNC2)c2ccc(Br)cc21. The number of benzene rings is 1. The third kappa shape index (κ3) is 1.73. The molecule has 2 heterocycles. The van der Waals surface area contributed by atoms with Gasteiger partial charge in [-0.1, -0.05) is 15.9 Å². The maximum atomic E-state index is 12.0. The van der Waals surface area contributed by atoms with Gasteiger partial charge in [0.05, 0.1) is 24.0 Å². The third-order valence-corrected chi connectivity index (χ3v) is 3.98. The number of rotatable bonds is 1. The van der Waals surface area contributed by atoms with Gasteiger partial charge in [-0.15, -0.1) is 0 Å². The predicted octanol–water partition coefficient (Wildman–Crippen LogP) is 1.20. The molecule has 2 aliphatic heterocycles. The highest BCUT2D eigenvalue weighted by Gasteiger charge is 2.33. The van der Waals surface area contributed by atoms with Gasteiger partial charge in [-0.05, 0) is 18.2 Å². The van der Waals surface area contributed by atoms with Gasteiger partial charge in [0, 0.05) is 24.6 Å². The first-order valence-corrected chi connectivity index (χ1v) is 6.49. The fourth-order valence-corrected chi connectivity index (χ4v) is 2.65. The zero-order chi connectivity index (χ0) is 12.0. The van der Waals surface area contributed by atoms with E-state index < -0.39 is 0 Å². The minimum Gasteiger partial charge on any atom is -0.355 e. The lowest BCUT2D eigenvalue weighted by Gasteiger charge is -2.44. The summed E-state index contributed by atoms with van der Waals surface area (Å²) < 4.78 is 1.00.